The molecule has 0 saturated heterocycles. The van der Waals surface area contributed by atoms with E-state index in [-0.39, 0.29) is 11.7 Å². The van der Waals surface area contributed by atoms with Gasteiger partial charge >= 0.3 is 5.97 Å². The van der Waals surface area contributed by atoms with Gasteiger partial charge in [-0.25, -0.2) is 4.68 Å². The van der Waals surface area contributed by atoms with Gasteiger partial charge in [-0.3, -0.25) is 9.78 Å². The molecule has 2 aromatic heterocycles. The van der Waals surface area contributed by atoms with E-state index in [9.17, 15) is 4.79 Å². The Bertz CT molecular complexity index is 588. The summed E-state index contributed by atoms with van der Waals surface area (Å²) in [5.41, 5.74) is 0.817. The van der Waals surface area contributed by atoms with Crippen LogP contribution in [-0.2, 0) is 9.53 Å². The number of hydrogen-bond donors (Lipinski definition) is 1. The Labute approximate surface area is 126 Å². The van der Waals surface area contributed by atoms with Crippen molar-refractivity contribution < 1.29 is 9.53 Å². The van der Waals surface area contributed by atoms with Crippen LogP contribution in [0.5, 0.6) is 0 Å². The highest BCUT2D eigenvalue weighted by Gasteiger charge is 2.13. The van der Waals surface area contributed by atoms with Crippen molar-refractivity contribution in [2.24, 2.45) is 0 Å². The van der Waals surface area contributed by atoms with Gasteiger partial charge in [0.15, 0.2) is 5.82 Å². The third-order valence-corrected chi connectivity index (χ3v) is 3.60. The molecule has 2 N–H and O–H groups in total. The minimum Gasteiger partial charge on any atom is -0.465 e. The second-order valence-corrected chi connectivity index (χ2v) is 5.22. The van der Waals surface area contributed by atoms with Gasteiger partial charge < -0.3 is 10.6 Å². The number of rotatable bonds is 7. The van der Waals surface area contributed by atoms with Gasteiger partial charge in [-0.05, 0) is 18.6 Å². The number of aromatic nitrogens is 4. The second kappa shape index (κ2) is 7.63. The van der Waals surface area contributed by atoms with Crippen molar-refractivity contribution in [2.45, 2.75) is 24.9 Å². The van der Waals surface area contributed by atoms with Crippen LogP contribution in [0.15, 0.2) is 29.7 Å². The van der Waals surface area contributed by atoms with Crippen LogP contribution in [-0.4, -0.2) is 38.2 Å². The molecule has 0 atom stereocenters. The van der Waals surface area contributed by atoms with Crippen molar-refractivity contribution in [1.82, 2.24) is 19.9 Å². The first-order chi connectivity index (χ1) is 10.2. The molecular weight excluding hydrogens is 290 g/mol. The lowest BCUT2D eigenvalue weighted by atomic mass is 10.2. The Balaban J connectivity index is 1.93. The number of ether oxygens (including phenoxy) is 1. The molecule has 2 aromatic rings. The van der Waals surface area contributed by atoms with Crippen LogP contribution in [0.2, 0.25) is 0 Å². The Morgan fingerprint density at radius 2 is 2.14 bits per heavy atom. The molecule has 0 aliphatic heterocycles. The number of carbonyl (C=O) groups is 1. The van der Waals surface area contributed by atoms with Crippen LogP contribution in [0, 0.1) is 0 Å². The minimum atomic E-state index is -0.276. The summed E-state index contributed by atoms with van der Waals surface area (Å²) in [6, 6.07) is 3.58. The first-order valence-electron chi connectivity index (χ1n) is 6.61. The smallest absolute Gasteiger partial charge is 0.316 e. The first-order valence-corrected chi connectivity index (χ1v) is 7.60. The van der Waals surface area contributed by atoms with E-state index in [0.29, 0.717) is 17.6 Å². The van der Waals surface area contributed by atoms with Crippen LogP contribution >= 0.6 is 11.8 Å². The molecule has 8 heteroatoms. The van der Waals surface area contributed by atoms with Crippen molar-refractivity contribution in [3.05, 3.63) is 24.5 Å². The van der Waals surface area contributed by atoms with Crippen molar-refractivity contribution >= 4 is 17.7 Å². The molecule has 0 radical (unpaired) electrons. The molecule has 0 aromatic carbocycles. The first kappa shape index (κ1) is 15.3. The van der Waals surface area contributed by atoms with Gasteiger partial charge in [-0.2, -0.15) is 0 Å². The third-order valence-electron chi connectivity index (χ3n) is 2.68. The summed E-state index contributed by atoms with van der Waals surface area (Å²) in [7, 11) is 0. The molecule has 0 aliphatic rings. The fourth-order valence-corrected chi connectivity index (χ4v) is 2.22. The number of pyridine rings is 1. The van der Waals surface area contributed by atoms with Crippen LogP contribution < -0.4 is 5.84 Å². The van der Waals surface area contributed by atoms with E-state index in [1.807, 2.05) is 6.92 Å². The van der Waals surface area contributed by atoms with Gasteiger partial charge in [0.25, 0.3) is 0 Å². The molecule has 7 nitrogen and oxygen atoms in total. The predicted octanol–water partition coefficient (Wildman–Crippen LogP) is 1.49. The maximum absolute atomic E-state index is 11.5. The lowest BCUT2D eigenvalue weighted by molar-refractivity contribution is -0.140. The molecule has 2 rings (SSSR count). The normalized spacial score (nSPS) is 10.5. The Morgan fingerprint density at radius 3 is 2.86 bits per heavy atom. The molecule has 112 valence electrons. The van der Waals surface area contributed by atoms with Gasteiger partial charge in [0.05, 0.1) is 12.4 Å². The van der Waals surface area contributed by atoms with Crippen LogP contribution in [0.25, 0.3) is 11.4 Å². The largest absolute Gasteiger partial charge is 0.465 e. The zero-order valence-electron chi connectivity index (χ0n) is 11.7. The zero-order chi connectivity index (χ0) is 15.1. The summed E-state index contributed by atoms with van der Waals surface area (Å²) in [6.07, 6.45) is 5.17. The number of nitrogen functional groups attached to an aromatic ring is 1. The lowest BCUT2D eigenvalue weighted by Crippen LogP contribution is -2.13. The van der Waals surface area contributed by atoms with Gasteiger partial charge in [0.2, 0.25) is 5.16 Å². The summed E-state index contributed by atoms with van der Waals surface area (Å²) in [6.45, 7) is 2.49. The molecular formula is C13H17N5O2S. The van der Waals surface area contributed by atoms with Crippen molar-refractivity contribution in [1.29, 1.82) is 0 Å². The molecule has 0 unspecified atom stereocenters. The molecule has 0 fully saturated rings. The zero-order valence-corrected chi connectivity index (χ0v) is 12.5. The fraction of sp³-hybridized carbons (Fsp3) is 0.385. The summed E-state index contributed by atoms with van der Waals surface area (Å²) in [5, 5.41) is 8.48. The van der Waals surface area contributed by atoms with E-state index in [4.69, 9.17) is 10.6 Å². The fourth-order valence-electron chi connectivity index (χ4n) is 1.57. The molecule has 21 heavy (non-hydrogen) atoms. The Hall–Kier alpha value is -2.09. The van der Waals surface area contributed by atoms with Crippen LogP contribution in [0.4, 0.5) is 0 Å². The van der Waals surface area contributed by atoms with E-state index in [1.54, 1.807) is 24.5 Å². The summed E-state index contributed by atoms with van der Waals surface area (Å²) >= 11 is 1.20. The van der Waals surface area contributed by atoms with E-state index < -0.39 is 0 Å². The SMILES string of the molecule is CCCCOC(=O)CSc1nnc(-c2ccncc2)n1N. The Kier molecular flexibility index (Phi) is 5.56. The maximum Gasteiger partial charge on any atom is 0.316 e. The van der Waals surface area contributed by atoms with Crippen molar-refractivity contribution in [2.75, 3.05) is 18.2 Å². The van der Waals surface area contributed by atoms with E-state index in [1.165, 1.54) is 16.4 Å². The monoisotopic (exact) mass is 307 g/mol. The third kappa shape index (κ3) is 4.19. The number of carbonyl (C=O) groups excluding carboxylic acids is 1. The number of esters is 1. The highest BCUT2D eigenvalue weighted by atomic mass is 32.2. The topological polar surface area (TPSA) is 95.9 Å². The molecule has 0 bridgehead atoms. The van der Waals surface area contributed by atoms with Gasteiger partial charge in [-0.1, -0.05) is 25.1 Å². The van der Waals surface area contributed by atoms with E-state index >= 15 is 0 Å². The Morgan fingerprint density at radius 1 is 1.38 bits per heavy atom. The number of nitrogens with two attached hydrogens (primary N) is 1. The molecule has 0 saturated carbocycles. The second-order valence-electron chi connectivity index (χ2n) is 4.27. The minimum absolute atomic E-state index is 0.162. The quantitative estimate of drug-likeness (QED) is 0.358. The molecule has 0 amide bonds. The summed E-state index contributed by atoms with van der Waals surface area (Å²) in [5.74, 6) is 6.35. The number of thioether (sulfide) groups is 1. The lowest BCUT2D eigenvalue weighted by Gasteiger charge is -2.04. The van der Waals surface area contributed by atoms with E-state index in [0.717, 1.165) is 18.4 Å². The standard InChI is InChI=1S/C13H17N5O2S/c1-2-3-8-20-11(19)9-21-13-17-16-12(18(13)14)10-4-6-15-7-5-10/h4-7H,2-3,8-9,14H2,1H3. The van der Waals surface area contributed by atoms with Gasteiger partial charge in [-0.15, -0.1) is 10.2 Å². The highest BCUT2D eigenvalue weighted by Crippen LogP contribution is 2.20. The van der Waals surface area contributed by atoms with Crippen molar-refractivity contribution in [3.63, 3.8) is 0 Å². The van der Waals surface area contributed by atoms with Gasteiger partial charge in [0.1, 0.15) is 0 Å². The number of hydrogen-bond acceptors (Lipinski definition) is 7. The van der Waals surface area contributed by atoms with Crippen molar-refractivity contribution in [3.8, 4) is 11.4 Å². The average Bonchev–Trinajstić information content (AvgIpc) is 2.87. The summed E-state index contributed by atoms with van der Waals surface area (Å²) in [4.78, 5) is 15.5. The molecule has 0 aliphatic carbocycles. The summed E-state index contributed by atoms with van der Waals surface area (Å²) < 4.78 is 6.43. The number of nitrogens with zero attached hydrogens (tertiary/aromatic N) is 4. The number of unbranched alkanes of at least 4 members (excludes halogenated alkanes) is 1. The molecule has 2 heterocycles. The van der Waals surface area contributed by atoms with E-state index in [2.05, 4.69) is 15.2 Å². The predicted molar refractivity (Wildman–Crippen MR) is 80.0 cm³/mol. The maximum atomic E-state index is 11.5. The highest BCUT2D eigenvalue weighted by molar-refractivity contribution is 7.99. The average molecular weight is 307 g/mol. The molecule has 0 spiro atoms. The van der Waals surface area contributed by atoms with Crippen LogP contribution in [0.1, 0.15) is 19.8 Å². The van der Waals surface area contributed by atoms with Crippen LogP contribution in [0.3, 0.4) is 0 Å². The van der Waals surface area contributed by atoms with Gasteiger partial charge in [0, 0.05) is 18.0 Å².